The quantitative estimate of drug-likeness (QED) is 0.178. The van der Waals surface area contributed by atoms with E-state index in [1.807, 2.05) is 91.0 Å². The summed E-state index contributed by atoms with van der Waals surface area (Å²) in [5.74, 6) is 0.587. The number of methoxy groups -OCH3 is 1. The first-order valence-electron chi connectivity index (χ1n) is 14.1. The summed E-state index contributed by atoms with van der Waals surface area (Å²) in [6.07, 6.45) is 1.71. The van der Waals surface area contributed by atoms with Crippen LogP contribution in [0, 0.1) is 0 Å². The summed E-state index contributed by atoms with van der Waals surface area (Å²) in [7, 11) is 1.58. The number of carbonyl (C=O) groups is 1. The Balaban J connectivity index is 1.35. The van der Waals surface area contributed by atoms with Crippen LogP contribution in [0.3, 0.4) is 0 Å². The first kappa shape index (κ1) is 29.0. The number of hydrogen-bond acceptors (Lipinski definition) is 10. The summed E-state index contributed by atoms with van der Waals surface area (Å²) in [5, 5.41) is 0.665. The fraction of sp³-hybridized carbons (Fsp3) is 0.118. The number of hydrogen-bond donors (Lipinski definition) is 0. The number of rotatable bonds is 8. The van der Waals surface area contributed by atoms with Crippen molar-refractivity contribution in [2.75, 3.05) is 13.7 Å². The molecule has 0 aliphatic carbocycles. The molecule has 0 unspecified atom stereocenters. The van der Waals surface area contributed by atoms with E-state index in [2.05, 4.69) is 4.98 Å². The van der Waals surface area contributed by atoms with Gasteiger partial charge in [0.05, 0.1) is 45.8 Å². The van der Waals surface area contributed by atoms with Crippen LogP contribution in [0.4, 0.5) is 0 Å². The van der Waals surface area contributed by atoms with Gasteiger partial charge in [-0.1, -0.05) is 65.9 Å². The molecule has 0 radical (unpaired) electrons. The van der Waals surface area contributed by atoms with Gasteiger partial charge in [0.25, 0.3) is 5.56 Å². The van der Waals surface area contributed by atoms with E-state index in [1.165, 1.54) is 23.1 Å². The molecule has 0 amide bonds. The predicted molar refractivity (Wildman–Crippen MR) is 177 cm³/mol. The highest BCUT2D eigenvalue weighted by Gasteiger charge is 2.35. The Morgan fingerprint density at radius 2 is 1.84 bits per heavy atom. The van der Waals surface area contributed by atoms with E-state index < -0.39 is 12.0 Å². The lowest BCUT2D eigenvalue weighted by molar-refractivity contribution is -0.138. The molecule has 224 valence electrons. The zero-order valence-corrected chi connectivity index (χ0v) is 26.6. The molecule has 11 heteroatoms. The van der Waals surface area contributed by atoms with Crippen molar-refractivity contribution in [2.24, 2.45) is 4.99 Å². The summed E-state index contributed by atoms with van der Waals surface area (Å²) in [4.78, 5) is 37.8. The van der Waals surface area contributed by atoms with Crippen LogP contribution in [0.1, 0.15) is 29.9 Å². The number of ether oxygens (including phenoxy) is 2. The number of para-hydroxylation sites is 1. The minimum Gasteiger partial charge on any atom is -0.497 e. The molecule has 0 saturated heterocycles. The maximum atomic E-state index is 14.1. The molecular weight excluding hydrogens is 627 g/mol. The highest BCUT2D eigenvalue weighted by molar-refractivity contribution is 8.01. The molecule has 0 bridgehead atoms. The third kappa shape index (κ3) is 5.66. The molecule has 0 saturated carbocycles. The summed E-state index contributed by atoms with van der Waals surface area (Å²) in [5.41, 5.74) is 2.83. The smallest absolute Gasteiger partial charge is 0.338 e. The van der Waals surface area contributed by atoms with Crippen LogP contribution in [0.5, 0.6) is 5.75 Å². The average Bonchev–Trinajstić information content (AvgIpc) is 3.77. The Morgan fingerprint density at radius 3 is 2.64 bits per heavy atom. The summed E-state index contributed by atoms with van der Waals surface area (Å²) in [6, 6.07) is 27.7. The molecule has 1 aliphatic heterocycles. The minimum atomic E-state index is -0.797. The second-order valence-electron chi connectivity index (χ2n) is 9.91. The van der Waals surface area contributed by atoms with Gasteiger partial charge in [-0.2, -0.15) is 0 Å². The van der Waals surface area contributed by atoms with Gasteiger partial charge in [0.15, 0.2) is 14.2 Å². The lowest BCUT2D eigenvalue weighted by Gasteiger charge is -2.26. The lowest BCUT2D eigenvalue weighted by atomic mass is 9.93. The van der Waals surface area contributed by atoms with Crippen LogP contribution in [0.15, 0.2) is 120 Å². The first-order valence-corrected chi connectivity index (χ1v) is 16.5. The fourth-order valence-corrected chi connectivity index (χ4v) is 8.09. The predicted octanol–water partition coefficient (Wildman–Crippen LogP) is 6.30. The molecule has 0 fully saturated rings. The molecule has 8 nitrogen and oxygen atoms in total. The van der Waals surface area contributed by atoms with E-state index in [0.29, 0.717) is 37.2 Å². The van der Waals surface area contributed by atoms with E-state index >= 15 is 0 Å². The number of nitrogens with zero attached hydrogens (tertiary/aromatic N) is 3. The Morgan fingerprint density at radius 1 is 1.02 bits per heavy atom. The van der Waals surface area contributed by atoms with Crippen LogP contribution in [0.25, 0.3) is 22.0 Å². The number of furan rings is 1. The van der Waals surface area contributed by atoms with Gasteiger partial charge >= 0.3 is 5.97 Å². The second kappa shape index (κ2) is 12.4. The van der Waals surface area contributed by atoms with Crippen molar-refractivity contribution in [1.82, 2.24) is 9.55 Å². The molecule has 0 spiro atoms. The van der Waals surface area contributed by atoms with E-state index in [0.717, 1.165) is 20.1 Å². The monoisotopic (exact) mass is 651 g/mol. The number of carbonyl (C=O) groups excluding carboxylic acids is 1. The van der Waals surface area contributed by atoms with Crippen molar-refractivity contribution in [3.8, 4) is 5.75 Å². The van der Waals surface area contributed by atoms with Gasteiger partial charge in [-0.15, -0.1) is 11.3 Å². The van der Waals surface area contributed by atoms with Gasteiger partial charge in [-0.05, 0) is 60.6 Å². The van der Waals surface area contributed by atoms with Crippen LogP contribution in [0.2, 0.25) is 0 Å². The maximum Gasteiger partial charge on any atom is 0.338 e. The Bertz CT molecular complexity index is 2230. The Kier molecular flexibility index (Phi) is 7.97. The molecule has 7 rings (SSSR count). The highest BCUT2D eigenvalue weighted by atomic mass is 32.2. The summed E-state index contributed by atoms with van der Waals surface area (Å²) in [6.45, 7) is 1.93. The van der Waals surface area contributed by atoms with Crippen LogP contribution in [-0.2, 0) is 9.53 Å². The van der Waals surface area contributed by atoms with Crippen molar-refractivity contribution in [2.45, 2.75) is 22.4 Å². The Labute approximate surface area is 269 Å². The number of benzene rings is 3. The molecule has 1 atom stereocenters. The maximum absolute atomic E-state index is 14.1. The first-order chi connectivity index (χ1) is 22.0. The number of fused-ring (bicyclic) bond motifs is 2. The van der Waals surface area contributed by atoms with Gasteiger partial charge in [0.2, 0.25) is 0 Å². The van der Waals surface area contributed by atoms with Crippen molar-refractivity contribution in [3.05, 3.63) is 133 Å². The van der Waals surface area contributed by atoms with Crippen molar-refractivity contribution < 1.29 is 18.7 Å². The molecule has 3 aromatic carbocycles. The SMILES string of the molecule is CCOC(=O)C1=C(c2ccccc2)N=c2s/c(=C/c3ccc(Sc4nc5ccccc5s4)o3)c(=O)n2[C@@H]1c1cccc(OC)c1. The molecular formula is C34H25N3O5S3. The molecule has 1 aliphatic rings. The fourth-order valence-electron chi connectivity index (χ4n) is 5.14. The lowest BCUT2D eigenvalue weighted by Crippen LogP contribution is -2.40. The van der Waals surface area contributed by atoms with Crippen LogP contribution >= 0.6 is 34.4 Å². The van der Waals surface area contributed by atoms with Crippen LogP contribution in [-0.4, -0.2) is 29.2 Å². The topological polar surface area (TPSA) is 95.9 Å². The van der Waals surface area contributed by atoms with E-state index in [4.69, 9.17) is 18.9 Å². The largest absolute Gasteiger partial charge is 0.497 e. The number of aromatic nitrogens is 2. The van der Waals surface area contributed by atoms with Gasteiger partial charge in [0.1, 0.15) is 11.5 Å². The van der Waals surface area contributed by atoms with Gasteiger partial charge in [0, 0.05) is 11.6 Å². The highest BCUT2D eigenvalue weighted by Crippen LogP contribution is 2.37. The number of thiazole rings is 2. The molecule has 0 N–H and O–H groups in total. The van der Waals surface area contributed by atoms with E-state index in [9.17, 15) is 9.59 Å². The van der Waals surface area contributed by atoms with Gasteiger partial charge < -0.3 is 13.9 Å². The van der Waals surface area contributed by atoms with Crippen molar-refractivity contribution in [1.29, 1.82) is 0 Å². The second-order valence-corrected chi connectivity index (χ2v) is 13.2. The summed E-state index contributed by atoms with van der Waals surface area (Å²) >= 11 is 4.27. The molecule has 6 aromatic rings. The van der Waals surface area contributed by atoms with Gasteiger partial charge in [-0.25, -0.2) is 14.8 Å². The zero-order chi connectivity index (χ0) is 30.9. The zero-order valence-electron chi connectivity index (χ0n) is 24.1. The van der Waals surface area contributed by atoms with E-state index in [1.54, 1.807) is 36.0 Å². The van der Waals surface area contributed by atoms with Gasteiger partial charge in [-0.3, -0.25) is 9.36 Å². The Hall–Kier alpha value is -4.71. The third-order valence-electron chi connectivity index (χ3n) is 7.12. The molecule has 45 heavy (non-hydrogen) atoms. The number of esters is 1. The van der Waals surface area contributed by atoms with Crippen molar-refractivity contribution >= 4 is 62.4 Å². The normalized spacial score (nSPS) is 14.8. The third-order valence-corrected chi connectivity index (χ3v) is 10.1. The molecule has 4 heterocycles. The molecule has 3 aromatic heterocycles. The van der Waals surface area contributed by atoms with E-state index in [-0.39, 0.29) is 17.7 Å². The standard InChI is InChI=1S/C34H25N3O5S3/c1-3-41-32(39)28-29(20-10-5-4-6-11-20)36-33-37(30(28)21-12-9-13-22(18-21)40-2)31(38)26(43-33)19-23-16-17-27(42-23)45-34-35-24-14-7-8-15-25(24)44-34/h4-19,30H,3H2,1-2H3/b26-19+/t30-/m1/s1. The van der Waals surface area contributed by atoms with Crippen molar-refractivity contribution in [3.63, 3.8) is 0 Å². The minimum absolute atomic E-state index is 0.176. The van der Waals surface area contributed by atoms with Crippen LogP contribution < -0.4 is 19.6 Å². The average molecular weight is 652 g/mol. The summed E-state index contributed by atoms with van der Waals surface area (Å²) < 4.78 is 21.1.